The van der Waals surface area contributed by atoms with E-state index in [0.29, 0.717) is 5.95 Å². The summed E-state index contributed by atoms with van der Waals surface area (Å²) >= 11 is 0. The van der Waals surface area contributed by atoms with E-state index in [2.05, 4.69) is 94.5 Å². The van der Waals surface area contributed by atoms with E-state index in [9.17, 15) is 0 Å². The van der Waals surface area contributed by atoms with E-state index >= 15 is 0 Å². The van der Waals surface area contributed by atoms with Crippen molar-refractivity contribution in [1.82, 2.24) is 19.5 Å². The van der Waals surface area contributed by atoms with Gasteiger partial charge in [0.25, 0.3) is 0 Å². The van der Waals surface area contributed by atoms with Crippen LogP contribution in [0.4, 0.5) is 29.1 Å². The number of anilines is 5. The summed E-state index contributed by atoms with van der Waals surface area (Å²) < 4.78 is 2.16. The van der Waals surface area contributed by atoms with E-state index in [1.807, 2.05) is 13.1 Å². The van der Waals surface area contributed by atoms with Gasteiger partial charge in [0.2, 0.25) is 11.9 Å². The van der Waals surface area contributed by atoms with E-state index < -0.39 is 0 Å². The molecule has 208 valence electrons. The molecule has 0 amide bonds. The molecular formula is C33H41N7. The second-order valence-corrected chi connectivity index (χ2v) is 11.5. The van der Waals surface area contributed by atoms with Crippen molar-refractivity contribution in [2.45, 2.75) is 52.4 Å². The number of benzene rings is 2. The van der Waals surface area contributed by atoms with Gasteiger partial charge in [-0.1, -0.05) is 50.5 Å². The Labute approximate surface area is 237 Å². The first-order valence-corrected chi connectivity index (χ1v) is 14.8. The molecule has 0 aliphatic heterocycles. The van der Waals surface area contributed by atoms with Gasteiger partial charge in [-0.2, -0.15) is 4.98 Å². The first-order valence-electron chi connectivity index (χ1n) is 14.8. The molecule has 2 aliphatic rings. The summed E-state index contributed by atoms with van der Waals surface area (Å²) in [7, 11) is 4.12. The third-order valence-electron chi connectivity index (χ3n) is 8.80. The third kappa shape index (κ3) is 5.55. The zero-order valence-electron chi connectivity index (χ0n) is 24.2. The van der Waals surface area contributed by atoms with Gasteiger partial charge in [-0.15, -0.1) is 0 Å². The Balaban J connectivity index is 1.15. The summed E-state index contributed by atoms with van der Waals surface area (Å²) in [5, 5.41) is 6.97. The minimum atomic E-state index is 0.574. The maximum atomic E-state index is 4.97. The van der Waals surface area contributed by atoms with Crippen LogP contribution in [0.2, 0.25) is 0 Å². The Morgan fingerprint density at radius 3 is 2.70 bits per heavy atom. The number of nitrogens with zero attached hydrogens (tertiary/aromatic N) is 5. The molecule has 2 heterocycles. The molecule has 2 N–H and O–H groups in total. The SMILES string of the molecule is CCCC1CC=C(CNc2nc3cc(N(C)c4ccnc(Nc5ccc(CC)cc5)n4)ccc3n2C)CC2CC12. The number of imidazole rings is 1. The lowest BCUT2D eigenvalue weighted by molar-refractivity contribution is 0.412. The molecule has 1 saturated carbocycles. The second-order valence-electron chi connectivity index (χ2n) is 11.5. The van der Waals surface area contributed by atoms with Gasteiger partial charge in [0, 0.05) is 38.2 Å². The molecule has 6 rings (SSSR count). The lowest BCUT2D eigenvalue weighted by atomic mass is 9.94. The van der Waals surface area contributed by atoms with Crippen LogP contribution in [-0.4, -0.2) is 33.1 Å². The molecule has 2 aromatic heterocycles. The van der Waals surface area contributed by atoms with Crippen LogP contribution in [0.25, 0.3) is 11.0 Å². The van der Waals surface area contributed by atoms with Crippen molar-refractivity contribution in [1.29, 1.82) is 0 Å². The summed E-state index contributed by atoms with van der Waals surface area (Å²) in [4.78, 5) is 16.2. The Bertz CT molecular complexity index is 1500. The van der Waals surface area contributed by atoms with E-state index in [1.54, 1.807) is 11.8 Å². The molecule has 4 aromatic rings. The summed E-state index contributed by atoms with van der Waals surface area (Å²) in [6.45, 7) is 5.35. The number of hydrogen-bond donors (Lipinski definition) is 2. The molecule has 40 heavy (non-hydrogen) atoms. The average molecular weight is 536 g/mol. The van der Waals surface area contributed by atoms with E-state index in [4.69, 9.17) is 9.97 Å². The van der Waals surface area contributed by atoms with Gasteiger partial charge in [0.15, 0.2) is 0 Å². The lowest BCUT2D eigenvalue weighted by Crippen LogP contribution is -2.12. The minimum absolute atomic E-state index is 0.574. The van der Waals surface area contributed by atoms with Crippen LogP contribution in [0.15, 0.2) is 66.4 Å². The van der Waals surface area contributed by atoms with Crippen molar-refractivity contribution in [2.24, 2.45) is 24.8 Å². The number of aryl methyl sites for hydroxylation is 2. The van der Waals surface area contributed by atoms with Gasteiger partial charge in [0.1, 0.15) is 5.82 Å². The minimum Gasteiger partial charge on any atom is -0.352 e. The fraction of sp³-hybridized carbons (Fsp3) is 0.424. The number of nitrogens with one attached hydrogen (secondary N) is 2. The molecule has 0 bridgehead atoms. The van der Waals surface area contributed by atoms with Crippen molar-refractivity contribution in [3.63, 3.8) is 0 Å². The number of aromatic nitrogens is 4. The summed E-state index contributed by atoms with van der Waals surface area (Å²) in [6, 6.07) is 16.7. The van der Waals surface area contributed by atoms with Crippen LogP contribution in [0.1, 0.15) is 51.5 Å². The average Bonchev–Trinajstić information content (AvgIpc) is 3.70. The highest BCUT2D eigenvalue weighted by Crippen LogP contribution is 2.52. The Kier molecular flexibility index (Phi) is 7.46. The molecule has 3 atom stereocenters. The van der Waals surface area contributed by atoms with Gasteiger partial charge in [-0.25, -0.2) is 9.97 Å². The van der Waals surface area contributed by atoms with E-state index in [1.165, 1.54) is 37.7 Å². The van der Waals surface area contributed by atoms with E-state index in [0.717, 1.165) is 64.9 Å². The van der Waals surface area contributed by atoms with Crippen molar-refractivity contribution in [3.05, 3.63) is 71.9 Å². The zero-order chi connectivity index (χ0) is 27.6. The van der Waals surface area contributed by atoms with Crippen LogP contribution in [-0.2, 0) is 13.5 Å². The predicted octanol–water partition coefficient (Wildman–Crippen LogP) is 7.62. The monoisotopic (exact) mass is 535 g/mol. The van der Waals surface area contributed by atoms with E-state index in [-0.39, 0.29) is 0 Å². The Hall–Kier alpha value is -3.87. The molecular weight excluding hydrogens is 494 g/mol. The fourth-order valence-electron chi connectivity index (χ4n) is 6.27. The van der Waals surface area contributed by atoms with Crippen LogP contribution in [0, 0.1) is 17.8 Å². The maximum absolute atomic E-state index is 4.97. The molecule has 1 fully saturated rings. The standard InChI is InChI=1S/C33H41N7/c1-5-7-24-11-8-23(18-25-19-28(24)25)21-35-33-37-29-20-27(14-15-30(29)40(33)4)39(3)31-16-17-34-32(38-31)36-26-12-9-22(6-2)10-13-26/h8-10,12-17,20,24-25,28H,5-7,11,18-19,21H2,1-4H3,(H,35,37)(H,34,36,38). The molecule has 0 radical (unpaired) electrons. The zero-order valence-corrected chi connectivity index (χ0v) is 24.2. The molecule has 7 heteroatoms. The van der Waals surface area contributed by atoms with Crippen molar-refractivity contribution in [3.8, 4) is 0 Å². The normalized spacial score (nSPS) is 20.0. The molecule has 0 saturated heterocycles. The highest BCUT2D eigenvalue weighted by molar-refractivity contribution is 5.83. The number of fused-ring (bicyclic) bond motifs is 2. The number of hydrogen-bond acceptors (Lipinski definition) is 6. The van der Waals surface area contributed by atoms with Crippen molar-refractivity contribution in [2.75, 3.05) is 29.1 Å². The maximum Gasteiger partial charge on any atom is 0.229 e. The van der Waals surface area contributed by atoms with Crippen LogP contribution >= 0.6 is 0 Å². The van der Waals surface area contributed by atoms with Gasteiger partial charge in [-0.3, -0.25) is 0 Å². The van der Waals surface area contributed by atoms with Gasteiger partial charge < -0.3 is 20.1 Å². The first kappa shape index (κ1) is 26.4. The smallest absolute Gasteiger partial charge is 0.229 e. The Morgan fingerprint density at radius 2 is 1.90 bits per heavy atom. The molecule has 3 unspecified atom stereocenters. The van der Waals surface area contributed by atoms with Crippen LogP contribution in [0.3, 0.4) is 0 Å². The topological polar surface area (TPSA) is 70.9 Å². The second kappa shape index (κ2) is 11.3. The van der Waals surface area contributed by atoms with Crippen molar-refractivity contribution < 1.29 is 0 Å². The molecule has 2 aliphatic carbocycles. The first-order chi connectivity index (χ1) is 19.5. The quantitative estimate of drug-likeness (QED) is 0.204. The molecule has 7 nitrogen and oxygen atoms in total. The molecule has 2 aromatic carbocycles. The van der Waals surface area contributed by atoms with Crippen molar-refractivity contribution >= 4 is 40.1 Å². The highest BCUT2D eigenvalue weighted by atomic mass is 15.2. The summed E-state index contributed by atoms with van der Waals surface area (Å²) in [5.41, 5.74) is 6.94. The molecule has 0 spiro atoms. The number of rotatable bonds is 10. The lowest BCUT2D eigenvalue weighted by Gasteiger charge is -2.19. The van der Waals surface area contributed by atoms with Gasteiger partial charge >= 0.3 is 0 Å². The summed E-state index contributed by atoms with van der Waals surface area (Å²) in [5.74, 6) is 5.08. The van der Waals surface area contributed by atoms with Crippen LogP contribution < -0.4 is 15.5 Å². The summed E-state index contributed by atoms with van der Waals surface area (Å²) in [6.07, 6.45) is 11.9. The predicted molar refractivity (Wildman–Crippen MR) is 166 cm³/mol. The largest absolute Gasteiger partial charge is 0.352 e. The van der Waals surface area contributed by atoms with Gasteiger partial charge in [-0.05, 0) is 85.4 Å². The fourth-order valence-corrected chi connectivity index (χ4v) is 6.27. The van der Waals surface area contributed by atoms with Crippen LogP contribution in [0.5, 0.6) is 0 Å². The third-order valence-corrected chi connectivity index (χ3v) is 8.80. The number of allylic oxidation sites excluding steroid dienone is 1. The van der Waals surface area contributed by atoms with Gasteiger partial charge in [0.05, 0.1) is 11.0 Å². The highest BCUT2D eigenvalue weighted by Gasteiger charge is 2.43. The Morgan fingerprint density at radius 1 is 1.05 bits per heavy atom.